The minimum absolute atomic E-state index is 0. The van der Waals surface area contributed by atoms with Crippen molar-refractivity contribution in [2.75, 3.05) is 32.7 Å². The molecule has 0 saturated heterocycles. The van der Waals surface area contributed by atoms with Crippen molar-refractivity contribution in [1.82, 2.24) is 15.5 Å². The molecule has 0 radical (unpaired) electrons. The maximum Gasteiger partial charge on any atom is 0.233 e. The Morgan fingerprint density at radius 3 is 2.67 bits per heavy atom. The number of halogens is 2. The van der Waals surface area contributed by atoms with Crippen LogP contribution < -0.4 is 10.6 Å². The number of nitrogens with one attached hydrogen (secondary N) is 2. The smallest absolute Gasteiger partial charge is 0.233 e. The largest absolute Gasteiger partial charge is 0.355 e. The van der Waals surface area contributed by atoms with Crippen molar-refractivity contribution in [2.24, 2.45) is 5.92 Å². The maximum absolute atomic E-state index is 11.7. The van der Waals surface area contributed by atoms with E-state index in [0.717, 1.165) is 51.5 Å². The molecule has 1 aliphatic carbocycles. The van der Waals surface area contributed by atoms with Crippen molar-refractivity contribution >= 4 is 30.7 Å². The Morgan fingerprint density at radius 2 is 1.92 bits per heavy atom. The molecule has 24 heavy (non-hydrogen) atoms. The van der Waals surface area contributed by atoms with E-state index in [4.69, 9.17) is 0 Å². The minimum atomic E-state index is 0. The molecular formula is C18H29Cl2N3O. The molecule has 1 heterocycles. The van der Waals surface area contributed by atoms with Gasteiger partial charge < -0.3 is 10.6 Å². The normalized spacial score (nSPS) is 16.5. The van der Waals surface area contributed by atoms with Crippen LogP contribution in [0.15, 0.2) is 24.3 Å². The van der Waals surface area contributed by atoms with Crippen LogP contribution in [-0.2, 0) is 17.8 Å². The van der Waals surface area contributed by atoms with Gasteiger partial charge in [0, 0.05) is 26.2 Å². The van der Waals surface area contributed by atoms with Gasteiger partial charge in [0.05, 0.1) is 6.54 Å². The molecule has 1 fully saturated rings. The molecule has 2 N–H and O–H groups in total. The Bertz CT molecular complexity index is 509. The average Bonchev–Trinajstić information content (AvgIpc) is 3.36. The number of nitrogens with zero attached hydrogens (tertiary/aromatic N) is 1. The zero-order valence-electron chi connectivity index (χ0n) is 14.1. The summed E-state index contributed by atoms with van der Waals surface area (Å²) in [5, 5.41) is 6.23. The van der Waals surface area contributed by atoms with Crippen molar-refractivity contribution in [1.29, 1.82) is 0 Å². The highest BCUT2D eigenvalue weighted by Gasteiger charge is 2.20. The van der Waals surface area contributed by atoms with Crippen LogP contribution in [0.4, 0.5) is 0 Å². The third-order valence-electron chi connectivity index (χ3n) is 4.60. The molecule has 2 aliphatic rings. The molecule has 136 valence electrons. The van der Waals surface area contributed by atoms with Gasteiger partial charge >= 0.3 is 0 Å². The first kappa shape index (κ1) is 21.2. The lowest BCUT2D eigenvalue weighted by atomic mass is 10.00. The van der Waals surface area contributed by atoms with E-state index in [2.05, 4.69) is 39.8 Å². The lowest BCUT2D eigenvalue weighted by Crippen LogP contribution is -2.37. The van der Waals surface area contributed by atoms with Gasteiger partial charge in [0.15, 0.2) is 0 Å². The summed E-state index contributed by atoms with van der Waals surface area (Å²) in [6, 6.07) is 8.72. The van der Waals surface area contributed by atoms with Crippen molar-refractivity contribution in [3.8, 4) is 0 Å². The topological polar surface area (TPSA) is 44.4 Å². The molecule has 6 heteroatoms. The van der Waals surface area contributed by atoms with Crippen molar-refractivity contribution in [3.05, 3.63) is 35.4 Å². The summed E-state index contributed by atoms with van der Waals surface area (Å²) < 4.78 is 0. The van der Waals surface area contributed by atoms with Crippen LogP contribution in [0.1, 0.15) is 30.4 Å². The minimum Gasteiger partial charge on any atom is -0.355 e. The Balaban J connectivity index is 0.00000144. The summed E-state index contributed by atoms with van der Waals surface area (Å²) in [5.41, 5.74) is 2.95. The van der Waals surface area contributed by atoms with E-state index in [-0.39, 0.29) is 30.7 Å². The summed E-state index contributed by atoms with van der Waals surface area (Å²) in [4.78, 5) is 14.2. The number of hydrogen-bond donors (Lipinski definition) is 2. The van der Waals surface area contributed by atoms with Gasteiger partial charge in [-0.2, -0.15) is 0 Å². The van der Waals surface area contributed by atoms with Gasteiger partial charge in [-0.05, 0) is 49.3 Å². The Hall–Kier alpha value is -0.810. The molecule has 1 aromatic carbocycles. The Labute approximate surface area is 157 Å². The van der Waals surface area contributed by atoms with Crippen LogP contribution in [0.25, 0.3) is 0 Å². The molecule has 0 atom stereocenters. The molecule has 4 nitrogen and oxygen atoms in total. The third-order valence-corrected chi connectivity index (χ3v) is 4.60. The fraction of sp³-hybridized carbons (Fsp3) is 0.611. The summed E-state index contributed by atoms with van der Waals surface area (Å²) >= 11 is 0. The summed E-state index contributed by atoms with van der Waals surface area (Å²) in [7, 11) is 0. The van der Waals surface area contributed by atoms with Crippen molar-refractivity contribution in [3.63, 3.8) is 0 Å². The first-order valence-electron chi connectivity index (χ1n) is 8.58. The molecular weight excluding hydrogens is 345 g/mol. The third kappa shape index (κ3) is 6.98. The Kier molecular flexibility index (Phi) is 9.67. The summed E-state index contributed by atoms with van der Waals surface area (Å²) in [6.07, 6.45) is 4.82. The standard InChI is InChI=1S/C18H27N3O.2ClH/c22-18(13-19-12-15-6-7-15)20-9-3-10-21-11-8-16-4-1-2-5-17(16)14-21;;/h1-2,4-5,15,19H,3,6-14H2,(H,20,22);2*1H. The van der Waals surface area contributed by atoms with E-state index < -0.39 is 0 Å². The van der Waals surface area contributed by atoms with E-state index >= 15 is 0 Å². The first-order chi connectivity index (χ1) is 10.8. The zero-order valence-corrected chi connectivity index (χ0v) is 15.8. The first-order valence-corrected chi connectivity index (χ1v) is 8.58. The van der Waals surface area contributed by atoms with Crippen molar-refractivity contribution in [2.45, 2.75) is 32.2 Å². The highest BCUT2D eigenvalue weighted by molar-refractivity contribution is 5.85. The molecule has 0 aromatic heterocycles. The van der Waals surface area contributed by atoms with E-state index in [1.165, 1.54) is 24.0 Å². The number of fused-ring (bicyclic) bond motifs is 1. The molecule has 1 amide bonds. The lowest BCUT2D eigenvalue weighted by molar-refractivity contribution is -0.120. The van der Waals surface area contributed by atoms with Gasteiger partial charge in [-0.1, -0.05) is 24.3 Å². The monoisotopic (exact) mass is 373 g/mol. The van der Waals surface area contributed by atoms with E-state index in [0.29, 0.717) is 6.54 Å². The van der Waals surface area contributed by atoms with Crippen LogP contribution in [0, 0.1) is 5.92 Å². The van der Waals surface area contributed by atoms with Gasteiger partial charge in [-0.25, -0.2) is 0 Å². The molecule has 0 bridgehead atoms. The fourth-order valence-corrected chi connectivity index (χ4v) is 3.05. The van der Waals surface area contributed by atoms with Gasteiger partial charge in [-0.3, -0.25) is 9.69 Å². The number of benzene rings is 1. The van der Waals surface area contributed by atoms with Crippen LogP contribution in [0.3, 0.4) is 0 Å². The summed E-state index contributed by atoms with van der Waals surface area (Å²) in [6.45, 7) is 5.49. The van der Waals surface area contributed by atoms with Crippen LogP contribution in [0.5, 0.6) is 0 Å². The zero-order chi connectivity index (χ0) is 15.2. The van der Waals surface area contributed by atoms with Crippen LogP contribution in [0.2, 0.25) is 0 Å². The predicted molar refractivity (Wildman–Crippen MR) is 103 cm³/mol. The van der Waals surface area contributed by atoms with E-state index in [9.17, 15) is 4.79 Å². The number of rotatable bonds is 8. The van der Waals surface area contributed by atoms with Crippen LogP contribution >= 0.6 is 24.8 Å². The number of carbonyl (C=O) groups is 1. The van der Waals surface area contributed by atoms with Gasteiger partial charge in [-0.15, -0.1) is 24.8 Å². The molecule has 1 aromatic rings. The molecule has 1 saturated carbocycles. The van der Waals surface area contributed by atoms with Crippen LogP contribution in [-0.4, -0.2) is 43.5 Å². The second-order valence-corrected chi connectivity index (χ2v) is 6.57. The van der Waals surface area contributed by atoms with Gasteiger partial charge in [0.1, 0.15) is 0 Å². The van der Waals surface area contributed by atoms with Gasteiger partial charge in [0.2, 0.25) is 5.91 Å². The SMILES string of the molecule is Cl.Cl.O=C(CNCC1CC1)NCCCN1CCc2ccccc2C1. The highest BCUT2D eigenvalue weighted by Crippen LogP contribution is 2.27. The second-order valence-electron chi connectivity index (χ2n) is 6.57. The maximum atomic E-state index is 11.7. The average molecular weight is 374 g/mol. The molecule has 1 aliphatic heterocycles. The lowest BCUT2D eigenvalue weighted by Gasteiger charge is -2.28. The molecule has 0 spiro atoms. The predicted octanol–water partition coefficient (Wildman–Crippen LogP) is 2.39. The van der Waals surface area contributed by atoms with E-state index in [1.807, 2.05) is 0 Å². The van der Waals surface area contributed by atoms with Crippen molar-refractivity contribution < 1.29 is 4.79 Å². The number of hydrogen-bond acceptors (Lipinski definition) is 3. The molecule has 3 rings (SSSR count). The molecule has 0 unspecified atom stereocenters. The number of amides is 1. The fourth-order valence-electron chi connectivity index (χ4n) is 3.05. The van der Waals surface area contributed by atoms with Gasteiger partial charge in [0.25, 0.3) is 0 Å². The highest BCUT2D eigenvalue weighted by atomic mass is 35.5. The Morgan fingerprint density at radius 1 is 1.17 bits per heavy atom. The second kappa shape index (κ2) is 10.9. The quantitative estimate of drug-likeness (QED) is 0.687. The summed E-state index contributed by atoms with van der Waals surface area (Å²) in [5.74, 6) is 0.958. The van der Waals surface area contributed by atoms with E-state index in [1.54, 1.807) is 0 Å². The number of carbonyl (C=O) groups excluding carboxylic acids is 1.